The monoisotopic (exact) mass is 279 g/mol. The highest BCUT2D eigenvalue weighted by atomic mass is 16.1. The molecule has 3 rings (SSSR count). The Morgan fingerprint density at radius 2 is 2.05 bits per heavy atom. The second-order valence-corrected chi connectivity index (χ2v) is 8.01. The summed E-state index contributed by atoms with van der Waals surface area (Å²) >= 11 is 0. The molecule has 0 bridgehead atoms. The standard InChI is InChI=1S/C16H29N3O/c1-15(2)8-3-9-19(10-15)11-16(14(17)20,12-4-5-12)18-13-6-7-13/h12-13,18H,3-11H2,1-2H3,(H2,17,20). The molecule has 114 valence electrons. The van der Waals surface area contributed by atoms with Gasteiger partial charge in [-0.15, -0.1) is 0 Å². The Kier molecular flexibility index (Phi) is 3.57. The van der Waals surface area contributed by atoms with Crippen molar-refractivity contribution in [1.82, 2.24) is 10.2 Å². The van der Waals surface area contributed by atoms with E-state index in [9.17, 15) is 4.79 Å². The average Bonchev–Trinajstić information content (AvgIpc) is 3.21. The van der Waals surface area contributed by atoms with E-state index < -0.39 is 5.54 Å². The molecule has 1 unspecified atom stereocenters. The lowest BCUT2D eigenvalue weighted by atomic mass is 9.82. The van der Waals surface area contributed by atoms with E-state index in [1.807, 2.05) is 0 Å². The second-order valence-electron chi connectivity index (χ2n) is 8.01. The lowest BCUT2D eigenvalue weighted by Gasteiger charge is -2.43. The highest BCUT2D eigenvalue weighted by molar-refractivity contribution is 5.86. The van der Waals surface area contributed by atoms with Crippen molar-refractivity contribution in [3.8, 4) is 0 Å². The fourth-order valence-corrected chi connectivity index (χ4v) is 3.84. The first kappa shape index (κ1) is 14.3. The molecule has 1 saturated heterocycles. The number of carbonyl (C=O) groups is 1. The Bertz CT molecular complexity index is 387. The fourth-order valence-electron chi connectivity index (χ4n) is 3.84. The third-order valence-electron chi connectivity index (χ3n) is 5.21. The fraction of sp³-hybridized carbons (Fsp3) is 0.938. The molecule has 0 spiro atoms. The van der Waals surface area contributed by atoms with E-state index >= 15 is 0 Å². The third kappa shape index (κ3) is 3.01. The summed E-state index contributed by atoms with van der Waals surface area (Å²) < 4.78 is 0. The van der Waals surface area contributed by atoms with Gasteiger partial charge in [-0.3, -0.25) is 10.1 Å². The lowest BCUT2D eigenvalue weighted by molar-refractivity contribution is -0.126. The summed E-state index contributed by atoms with van der Waals surface area (Å²) in [6, 6.07) is 0.529. The van der Waals surface area contributed by atoms with Crippen LogP contribution in [0.2, 0.25) is 0 Å². The minimum Gasteiger partial charge on any atom is -0.368 e. The molecule has 1 amide bonds. The number of carbonyl (C=O) groups excluding carboxylic acids is 1. The van der Waals surface area contributed by atoms with Crippen LogP contribution in [0.15, 0.2) is 0 Å². The van der Waals surface area contributed by atoms with E-state index in [1.54, 1.807) is 0 Å². The number of primary amides is 1. The molecule has 0 aromatic rings. The van der Waals surface area contributed by atoms with Crippen LogP contribution in [-0.2, 0) is 4.79 Å². The zero-order valence-electron chi connectivity index (χ0n) is 13.0. The number of piperidine rings is 1. The van der Waals surface area contributed by atoms with Gasteiger partial charge >= 0.3 is 0 Å². The molecule has 0 aromatic carbocycles. The van der Waals surface area contributed by atoms with Gasteiger partial charge in [-0.1, -0.05) is 13.8 Å². The van der Waals surface area contributed by atoms with Gasteiger partial charge in [-0.2, -0.15) is 0 Å². The Hall–Kier alpha value is -0.610. The summed E-state index contributed by atoms with van der Waals surface area (Å²) in [4.78, 5) is 14.7. The molecule has 1 aliphatic heterocycles. The van der Waals surface area contributed by atoms with Gasteiger partial charge in [0.05, 0.1) is 0 Å². The second kappa shape index (κ2) is 4.99. The third-order valence-corrected chi connectivity index (χ3v) is 5.21. The molecule has 4 nitrogen and oxygen atoms in total. The number of hydrogen-bond donors (Lipinski definition) is 2. The number of nitrogens with two attached hydrogens (primary N) is 1. The Labute approximate surface area is 122 Å². The minimum absolute atomic E-state index is 0.129. The number of hydrogen-bond acceptors (Lipinski definition) is 3. The summed E-state index contributed by atoms with van der Waals surface area (Å²) in [7, 11) is 0. The SMILES string of the molecule is CC1(C)CCCN(CC(NC2CC2)(C(N)=O)C2CC2)C1. The largest absolute Gasteiger partial charge is 0.368 e. The van der Waals surface area contributed by atoms with Gasteiger partial charge in [0.2, 0.25) is 5.91 Å². The van der Waals surface area contributed by atoms with Gasteiger partial charge in [0.15, 0.2) is 0 Å². The predicted molar refractivity (Wildman–Crippen MR) is 80.3 cm³/mol. The summed E-state index contributed by atoms with van der Waals surface area (Å²) in [5, 5.41) is 3.62. The molecule has 0 aromatic heterocycles. The molecular weight excluding hydrogens is 250 g/mol. The summed E-state index contributed by atoms with van der Waals surface area (Å²) in [6.45, 7) is 7.67. The van der Waals surface area contributed by atoms with Crippen molar-refractivity contribution in [2.45, 2.75) is 64.0 Å². The molecular formula is C16H29N3O. The summed E-state index contributed by atoms with van der Waals surface area (Å²) in [6.07, 6.45) is 7.22. The van der Waals surface area contributed by atoms with Crippen LogP contribution < -0.4 is 11.1 Å². The van der Waals surface area contributed by atoms with Crippen LogP contribution >= 0.6 is 0 Å². The Morgan fingerprint density at radius 3 is 2.55 bits per heavy atom. The molecule has 3 fully saturated rings. The predicted octanol–water partition coefficient (Wildman–Crippen LogP) is 1.49. The van der Waals surface area contributed by atoms with E-state index in [0.717, 1.165) is 32.5 Å². The first-order valence-corrected chi connectivity index (χ1v) is 8.21. The van der Waals surface area contributed by atoms with Crippen LogP contribution in [0.5, 0.6) is 0 Å². The van der Waals surface area contributed by atoms with Crippen molar-refractivity contribution in [2.75, 3.05) is 19.6 Å². The van der Waals surface area contributed by atoms with E-state index in [2.05, 4.69) is 24.1 Å². The Balaban J connectivity index is 1.73. The molecule has 3 N–H and O–H groups in total. The van der Waals surface area contributed by atoms with Gasteiger partial charge in [-0.05, 0) is 56.4 Å². The molecule has 1 heterocycles. The number of likely N-dealkylation sites (tertiary alicyclic amines) is 1. The normalized spacial score (nSPS) is 29.9. The van der Waals surface area contributed by atoms with Crippen LogP contribution in [-0.4, -0.2) is 42.0 Å². The molecule has 4 heteroatoms. The smallest absolute Gasteiger partial charge is 0.239 e. The molecule has 1 atom stereocenters. The number of amides is 1. The van der Waals surface area contributed by atoms with Gasteiger partial charge < -0.3 is 10.6 Å². The summed E-state index contributed by atoms with van der Waals surface area (Å²) in [5.41, 5.74) is 5.75. The number of nitrogens with one attached hydrogen (secondary N) is 1. The maximum Gasteiger partial charge on any atom is 0.239 e. The molecule has 3 aliphatic rings. The zero-order chi connectivity index (χ0) is 14.4. The van der Waals surface area contributed by atoms with Crippen molar-refractivity contribution in [2.24, 2.45) is 17.1 Å². The van der Waals surface area contributed by atoms with Crippen LogP contribution in [0.25, 0.3) is 0 Å². The van der Waals surface area contributed by atoms with Crippen molar-refractivity contribution in [1.29, 1.82) is 0 Å². The van der Waals surface area contributed by atoms with E-state index in [0.29, 0.717) is 17.4 Å². The molecule has 0 radical (unpaired) electrons. The lowest BCUT2D eigenvalue weighted by Crippen LogP contribution is -2.64. The zero-order valence-corrected chi connectivity index (χ0v) is 13.0. The van der Waals surface area contributed by atoms with Crippen LogP contribution in [0, 0.1) is 11.3 Å². The minimum atomic E-state index is -0.464. The Morgan fingerprint density at radius 1 is 1.35 bits per heavy atom. The molecule has 2 saturated carbocycles. The van der Waals surface area contributed by atoms with Crippen molar-refractivity contribution >= 4 is 5.91 Å². The van der Waals surface area contributed by atoms with Crippen molar-refractivity contribution in [3.05, 3.63) is 0 Å². The van der Waals surface area contributed by atoms with Gasteiger partial charge in [-0.25, -0.2) is 0 Å². The van der Waals surface area contributed by atoms with Crippen molar-refractivity contribution < 1.29 is 4.79 Å². The topological polar surface area (TPSA) is 58.4 Å². The highest BCUT2D eigenvalue weighted by Crippen LogP contribution is 2.43. The van der Waals surface area contributed by atoms with Gasteiger partial charge in [0.25, 0.3) is 0 Å². The highest BCUT2D eigenvalue weighted by Gasteiger charge is 2.53. The number of rotatable bonds is 6. The molecule has 20 heavy (non-hydrogen) atoms. The van der Waals surface area contributed by atoms with Crippen LogP contribution in [0.3, 0.4) is 0 Å². The van der Waals surface area contributed by atoms with Crippen LogP contribution in [0.1, 0.15) is 52.4 Å². The molecule has 2 aliphatic carbocycles. The van der Waals surface area contributed by atoms with E-state index in [1.165, 1.54) is 25.7 Å². The first-order chi connectivity index (χ1) is 9.41. The van der Waals surface area contributed by atoms with E-state index in [-0.39, 0.29) is 5.91 Å². The maximum absolute atomic E-state index is 12.2. The summed E-state index contributed by atoms with van der Waals surface area (Å²) in [5.74, 6) is 0.334. The van der Waals surface area contributed by atoms with Gasteiger partial charge in [0, 0.05) is 19.1 Å². The number of nitrogens with zero attached hydrogens (tertiary/aromatic N) is 1. The van der Waals surface area contributed by atoms with Gasteiger partial charge in [0.1, 0.15) is 5.54 Å². The average molecular weight is 279 g/mol. The van der Waals surface area contributed by atoms with Crippen LogP contribution in [0.4, 0.5) is 0 Å². The van der Waals surface area contributed by atoms with E-state index in [4.69, 9.17) is 5.73 Å². The maximum atomic E-state index is 12.2. The van der Waals surface area contributed by atoms with Crippen molar-refractivity contribution in [3.63, 3.8) is 0 Å². The first-order valence-electron chi connectivity index (χ1n) is 8.21. The quantitative estimate of drug-likeness (QED) is 0.774.